The van der Waals surface area contributed by atoms with Gasteiger partial charge in [-0.25, -0.2) is 0 Å². The van der Waals surface area contributed by atoms with Crippen molar-refractivity contribution in [3.8, 4) is 0 Å². The van der Waals surface area contributed by atoms with Crippen LogP contribution in [-0.4, -0.2) is 97.5 Å². The lowest BCUT2D eigenvalue weighted by molar-refractivity contribution is -0.132. The molecule has 1 aromatic rings. The lowest BCUT2D eigenvalue weighted by Gasteiger charge is -2.37. The molecule has 2 heterocycles. The summed E-state index contributed by atoms with van der Waals surface area (Å²) in [7, 11) is 0. The van der Waals surface area contributed by atoms with Gasteiger partial charge in [0.05, 0.1) is 13.1 Å². The Morgan fingerprint density at radius 1 is 0.875 bits per heavy atom. The van der Waals surface area contributed by atoms with Crippen LogP contribution in [0.15, 0.2) is 18.2 Å². The van der Waals surface area contributed by atoms with Crippen molar-refractivity contribution in [1.82, 2.24) is 20.0 Å². The minimum Gasteiger partial charge on any atom is -0.368 e. The zero-order valence-corrected chi connectivity index (χ0v) is 20.6. The van der Waals surface area contributed by atoms with Crippen molar-refractivity contribution in [2.75, 3.05) is 70.3 Å². The molecule has 2 saturated heterocycles. The lowest BCUT2D eigenvalue weighted by Crippen LogP contribution is -2.51. The van der Waals surface area contributed by atoms with Crippen LogP contribution in [0.5, 0.6) is 0 Å². The molecular formula is C25H41N5O2. The summed E-state index contributed by atoms with van der Waals surface area (Å²) in [6, 6.07) is 6.45. The Bertz CT molecular complexity index is 796. The first kappa shape index (κ1) is 24.5. The highest BCUT2D eigenvalue weighted by Crippen LogP contribution is 2.24. The van der Waals surface area contributed by atoms with Gasteiger partial charge in [0.25, 0.3) is 0 Å². The van der Waals surface area contributed by atoms with Crippen LogP contribution < -0.4 is 10.2 Å². The number of piperazine rings is 1. The van der Waals surface area contributed by atoms with E-state index in [-0.39, 0.29) is 17.4 Å². The summed E-state index contributed by atoms with van der Waals surface area (Å²) >= 11 is 0. The second-order valence-electron chi connectivity index (χ2n) is 10.3. The molecule has 3 rings (SSSR count). The number of rotatable bonds is 5. The quantitative estimate of drug-likeness (QED) is 0.753. The minimum atomic E-state index is -0.205. The van der Waals surface area contributed by atoms with Crippen molar-refractivity contribution in [2.45, 2.75) is 46.6 Å². The zero-order valence-electron chi connectivity index (χ0n) is 20.6. The smallest absolute Gasteiger partial charge is 0.236 e. The highest BCUT2D eigenvalue weighted by Gasteiger charge is 2.25. The standard InChI is InChI=1S/C25H41N5O2/c1-20-8-6-9-22(21(20)2)29-14-16-30(17-15-29)24(32)19-28-11-7-10-27(12-13-28)18-23(31)26-25(3,4)5/h6,8-9H,7,10-19H2,1-5H3,(H,26,31). The lowest BCUT2D eigenvalue weighted by atomic mass is 10.1. The number of anilines is 1. The van der Waals surface area contributed by atoms with Gasteiger partial charge in [0.2, 0.25) is 11.8 Å². The van der Waals surface area contributed by atoms with Gasteiger partial charge in [0.15, 0.2) is 0 Å². The van der Waals surface area contributed by atoms with Crippen LogP contribution in [0.2, 0.25) is 0 Å². The molecular weight excluding hydrogens is 402 g/mol. The van der Waals surface area contributed by atoms with Crippen LogP contribution in [-0.2, 0) is 9.59 Å². The van der Waals surface area contributed by atoms with E-state index in [2.05, 4.69) is 52.1 Å². The Hall–Kier alpha value is -2.12. The fourth-order valence-electron chi connectivity index (χ4n) is 4.57. The van der Waals surface area contributed by atoms with E-state index in [1.54, 1.807) is 0 Å². The Morgan fingerprint density at radius 2 is 1.50 bits per heavy atom. The number of hydrogen-bond acceptors (Lipinski definition) is 5. The number of carbonyl (C=O) groups excluding carboxylic acids is 2. The van der Waals surface area contributed by atoms with Crippen molar-refractivity contribution in [3.63, 3.8) is 0 Å². The number of carbonyl (C=O) groups is 2. The molecule has 32 heavy (non-hydrogen) atoms. The zero-order chi connectivity index (χ0) is 23.3. The van der Waals surface area contributed by atoms with E-state index in [0.29, 0.717) is 13.1 Å². The summed E-state index contributed by atoms with van der Waals surface area (Å²) in [4.78, 5) is 34.1. The molecule has 0 bridgehead atoms. The van der Waals surface area contributed by atoms with Gasteiger partial charge in [-0.1, -0.05) is 12.1 Å². The Balaban J connectivity index is 1.43. The summed E-state index contributed by atoms with van der Waals surface area (Å²) in [6.45, 7) is 18.0. The molecule has 0 aromatic heterocycles. The minimum absolute atomic E-state index is 0.0729. The number of hydrogen-bond donors (Lipinski definition) is 1. The molecule has 2 amide bonds. The molecule has 2 fully saturated rings. The van der Waals surface area contributed by atoms with Crippen LogP contribution in [0.25, 0.3) is 0 Å². The van der Waals surface area contributed by atoms with Gasteiger partial charge >= 0.3 is 0 Å². The first-order valence-electron chi connectivity index (χ1n) is 12.0. The van der Waals surface area contributed by atoms with E-state index in [9.17, 15) is 9.59 Å². The normalized spacial score (nSPS) is 19.0. The third-order valence-corrected chi connectivity index (χ3v) is 6.47. The largest absolute Gasteiger partial charge is 0.368 e. The number of nitrogens with one attached hydrogen (secondary N) is 1. The van der Waals surface area contributed by atoms with Crippen LogP contribution in [0, 0.1) is 13.8 Å². The first-order chi connectivity index (χ1) is 15.1. The molecule has 0 atom stereocenters. The van der Waals surface area contributed by atoms with Gasteiger partial charge in [0, 0.05) is 50.5 Å². The van der Waals surface area contributed by atoms with Crippen molar-refractivity contribution in [3.05, 3.63) is 29.3 Å². The van der Waals surface area contributed by atoms with Crippen molar-refractivity contribution < 1.29 is 9.59 Å². The average Bonchev–Trinajstić information content (AvgIpc) is 2.94. The predicted octanol–water partition coefficient (Wildman–Crippen LogP) is 1.87. The third-order valence-electron chi connectivity index (χ3n) is 6.47. The Kier molecular flexibility index (Phi) is 8.17. The molecule has 178 valence electrons. The molecule has 0 unspecified atom stereocenters. The Labute approximate surface area is 193 Å². The fourth-order valence-corrected chi connectivity index (χ4v) is 4.57. The molecule has 0 saturated carbocycles. The first-order valence-corrected chi connectivity index (χ1v) is 12.0. The highest BCUT2D eigenvalue weighted by molar-refractivity contribution is 5.79. The van der Waals surface area contributed by atoms with Crippen LogP contribution in [0.1, 0.15) is 38.3 Å². The molecule has 2 aliphatic rings. The van der Waals surface area contributed by atoms with E-state index >= 15 is 0 Å². The maximum atomic E-state index is 12.9. The van der Waals surface area contributed by atoms with Crippen LogP contribution in [0.3, 0.4) is 0 Å². The second kappa shape index (κ2) is 10.7. The molecule has 7 heteroatoms. The second-order valence-corrected chi connectivity index (χ2v) is 10.3. The van der Waals surface area contributed by atoms with E-state index in [0.717, 1.165) is 58.8 Å². The summed E-state index contributed by atoms with van der Waals surface area (Å²) in [5.74, 6) is 0.299. The van der Waals surface area contributed by atoms with Crippen molar-refractivity contribution >= 4 is 17.5 Å². The summed E-state index contributed by atoms with van der Waals surface area (Å²) in [5.41, 5.74) is 3.73. The van der Waals surface area contributed by atoms with Crippen LogP contribution >= 0.6 is 0 Å². The van der Waals surface area contributed by atoms with E-state index in [4.69, 9.17) is 0 Å². The topological polar surface area (TPSA) is 59.1 Å². The van der Waals surface area contributed by atoms with Crippen molar-refractivity contribution in [2.24, 2.45) is 0 Å². The van der Waals surface area contributed by atoms with E-state index < -0.39 is 0 Å². The SMILES string of the molecule is Cc1cccc(N2CCN(C(=O)CN3CCCN(CC(=O)NC(C)(C)C)CC3)CC2)c1C. The average molecular weight is 444 g/mol. The van der Waals surface area contributed by atoms with E-state index in [1.165, 1.54) is 16.8 Å². The highest BCUT2D eigenvalue weighted by atomic mass is 16.2. The molecule has 2 aliphatic heterocycles. The maximum Gasteiger partial charge on any atom is 0.236 e. The molecule has 0 radical (unpaired) electrons. The molecule has 0 spiro atoms. The number of amides is 2. The monoisotopic (exact) mass is 443 g/mol. The van der Waals surface area contributed by atoms with Gasteiger partial charge in [-0.2, -0.15) is 0 Å². The molecule has 0 aliphatic carbocycles. The van der Waals surface area contributed by atoms with Crippen molar-refractivity contribution in [1.29, 1.82) is 0 Å². The molecule has 1 N–H and O–H groups in total. The van der Waals surface area contributed by atoms with Gasteiger partial charge in [-0.05, 0) is 71.3 Å². The van der Waals surface area contributed by atoms with E-state index in [1.807, 2.05) is 25.7 Å². The van der Waals surface area contributed by atoms with Crippen LogP contribution in [0.4, 0.5) is 5.69 Å². The summed E-state index contributed by atoms with van der Waals surface area (Å²) < 4.78 is 0. The summed E-state index contributed by atoms with van der Waals surface area (Å²) in [6.07, 6.45) is 0.983. The number of nitrogens with zero attached hydrogens (tertiary/aromatic N) is 4. The number of aryl methyl sites for hydroxylation is 1. The van der Waals surface area contributed by atoms with Gasteiger partial charge in [-0.3, -0.25) is 19.4 Å². The Morgan fingerprint density at radius 3 is 2.12 bits per heavy atom. The van der Waals surface area contributed by atoms with Gasteiger partial charge < -0.3 is 15.1 Å². The molecule has 1 aromatic carbocycles. The number of benzene rings is 1. The predicted molar refractivity (Wildman–Crippen MR) is 130 cm³/mol. The van der Waals surface area contributed by atoms with Gasteiger partial charge in [-0.15, -0.1) is 0 Å². The maximum absolute atomic E-state index is 12.9. The molecule has 7 nitrogen and oxygen atoms in total. The van der Waals surface area contributed by atoms with Gasteiger partial charge in [0.1, 0.15) is 0 Å². The summed E-state index contributed by atoms with van der Waals surface area (Å²) in [5, 5.41) is 3.04. The fraction of sp³-hybridized carbons (Fsp3) is 0.680. The third kappa shape index (κ3) is 6.94.